The van der Waals surface area contributed by atoms with Crippen molar-refractivity contribution in [3.05, 3.63) is 66.9 Å². The Balaban J connectivity index is 0.00000114. The van der Waals surface area contributed by atoms with Gasteiger partial charge in [-0.1, -0.05) is 67.6 Å². The quantitative estimate of drug-likeness (QED) is 0.430. The first-order valence-electron chi connectivity index (χ1n) is 11.5. The minimum atomic E-state index is -0.833. The van der Waals surface area contributed by atoms with Crippen LogP contribution in [0.4, 0.5) is 5.82 Å². The number of carbonyl (C=O) groups is 1. The number of hydrogen-bond donors (Lipinski definition) is 1. The van der Waals surface area contributed by atoms with Gasteiger partial charge >= 0.3 is 29.6 Å². The Morgan fingerprint density at radius 1 is 1.03 bits per heavy atom. The van der Waals surface area contributed by atoms with Gasteiger partial charge in [0.05, 0.1) is 24.2 Å². The van der Waals surface area contributed by atoms with E-state index in [0.29, 0.717) is 13.2 Å². The molecule has 3 rings (SSSR count). The average Bonchev–Trinajstić information content (AvgIpc) is 2.84. The van der Waals surface area contributed by atoms with E-state index in [4.69, 9.17) is 24.6 Å². The average molecular weight is 488 g/mol. The van der Waals surface area contributed by atoms with E-state index < -0.39 is 5.97 Å². The van der Waals surface area contributed by atoms with Crippen molar-refractivity contribution in [2.75, 3.05) is 24.7 Å². The summed E-state index contributed by atoms with van der Waals surface area (Å²) in [7, 11) is 0. The smallest absolute Gasteiger partial charge is 0.853 e. The van der Waals surface area contributed by atoms with E-state index in [9.17, 15) is 5.11 Å². The molecule has 0 saturated heterocycles. The van der Waals surface area contributed by atoms with Gasteiger partial charge in [0.25, 0.3) is 5.97 Å². The summed E-state index contributed by atoms with van der Waals surface area (Å²) in [6.45, 7) is 8.24. The van der Waals surface area contributed by atoms with Gasteiger partial charge in [0.2, 0.25) is 0 Å². The fourth-order valence-electron chi connectivity index (χ4n) is 3.36. The summed E-state index contributed by atoms with van der Waals surface area (Å²) in [6, 6.07) is 20.5. The van der Waals surface area contributed by atoms with Gasteiger partial charge in [0.1, 0.15) is 5.82 Å². The molecule has 1 N–H and O–H groups in total. The predicted octanol–water partition coefficient (Wildman–Crippen LogP) is 1.28. The molecule has 182 valence electrons. The Kier molecular flexibility index (Phi) is 14.4. The number of rotatable bonds is 10. The van der Waals surface area contributed by atoms with Gasteiger partial charge in [0, 0.05) is 36.7 Å². The second-order valence-corrected chi connectivity index (χ2v) is 8.03. The van der Waals surface area contributed by atoms with Crippen LogP contribution in [0.5, 0.6) is 0 Å². The van der Waals surface area contributed by atoms with Gasteiger partial charge in [-0.3, -0.25) is 9.78 Å². The Bertz CT molecular complexity index is 996. The van der Waals surface area contributed by atoms with E-state index in [1.54, 1.807) is 0 Å². The summed E-state index contributed by atoms with van der Waals surface area (Å²) in [5, 5.41) is 18.6. The molecular formula is C27H34N3NaO4. The first-order valence-corrected chi connectivity index (χ1v) is 11.5. The van der Waals surface area contributed by atoms with E-state index in [1.165, 1.54) is 0 Å². The van der Waals surface area contributed by atoms with Crippen molar-refractivity contribution in [1.82, 2.24) is 9.97 Å². The number of nitrogens with zero attached hydrogens (tertiary/aromatic N) is 3. The summed E-state index contributed by atoms with van der Waals surface area (Å²) in [6.07, 6.45) is 2.33. The standard InChI is InChI=1S/C25H30N3O2.C2H4O2.Na/c1-4-22(18-29)30-16-15-28(19(2)3)23-17-26-24(20-11-7-5-8-12-20)25(27-23)21-13-9-6-10-14-21;1-2(3)4;/h5-14,17,19,22H,4,15-16,18H2,1-3H3;1H3,(H,3,4);/q-1;;+1. The molecule has 0 fully saturated rings. The summed E-state index contributed by atoms with van der Waals surface area (Å²) in [4.78, 5) is 21.0. The minimum absolute atomic E-state index is 0. The number of hydrogen-bond acceptors (Lipinski definition) is 6. The molecule has 35 heavy (non-hydrogen) atoms. The summed E-state index contributed by atoms with van der Waals surface area (Å²) < 4.78 is 5.75. The van der Waals surface area contributed by atoms with Crippen molar-refractivity contribution in [2.45, 2.75) is 46.3 Å². The number of benzene rings is 2. The molecule has 1 unspecified atom stereocenters. The summed E-state index contributed by atoms with van der Waals surface area (Å²) in [5.41, 5.74) is 3.79. The molecule has 0 saturated carbocycles. The number of carboxylic acids is 1. The van der Waals surface area contributed by atoms with E-state index in [-0.39, 0.29) is 48.3 Å². The molecule has 0 amide bonds. The molecule has 3 aromatic rings. The van der Waals surface area contributed by atoms with Gasteiger partial charge in [-0.15, -0.1) is 6.61 Å². The van der Waals surface area contributed by atoms with E-state index in [2.05, 4.69) is 43.0 Å². The van der Waals surface area contributed by atoms with Crippen LogP contribution in [0.25, 0.3) is 22.5 Å². The van der Waals surface area contributed by atoms with E-state index in [0.717, 1.165) is 41.7 Å². The van der Waals surface area contributed by atoms with Crippen LogP contribution in [-0.2, 0) is 9.53 Å². The summed E-state index contributed by atoms with van der Waals surface area (Å²) >= 11 is 0. The maximum absolute atomic E-state index is 11.2. The van der Waals surface area contributed by atoms with Gasteiger partial charge in [-0.2, -0.15) is 0 Å². The zero-order valence-electron chi connectivity index (χ0n) is 21.3. The van der Waals surface area contributed by atoms with Crippen LogP contribution in [-0.4, -0.2) is 52.9 Å². The first kappa shape index (κ1) is 30.7. The van der Waals surface area contributed by atoms with Crippen molar-refractivity contribution >= 4 is 11.8 Å². The number of aromatic nitrogens is 2. The topological polar surface area (TPSA) is 98.6 Å². The third-order valence-electron chi connectivity index (χ3n) is 5.10. The molecule has 1 aromatic heterocycles. The fourth-order valence-corrected chi connectivity index (χ4v) is 3.36. The molecule has 0 bridgehead atoms. The third kappa shape index (κ3) is 10.1. The van der Waals surface area contributed by atoms with Gasteiger partial charge in [-0.05, 0) is 20.3 Å². The Hall–Kier alpha value is -2.29. The molecular weight excluding hydrogens is 453 g/mol. The SMILES string of the molecule is CC(=O)O.CCC(C[O-])OCCN(c1cnc(-c2ccccc2)c(-c2ccccc2)n1)C(C)C.[Na+]. The van der Waals surface area contributed by atoms with Crippen LogP contribution in [0.3, 0.4) is 0 Å². The predicted molar refractivity (Wildman–Crippen MR) is 134 cm³/mol. The van der Waals surface area contributed by atoms with Gasteiger partial charge in [0.15, 0.2) is 0 Å². The Morgan fingerprint density at radius 2 is 1.54 bits per heavy atom. The van der Waals surface area contributed by atoms with Crippen LogP contribution >= 0.6 is 0 Å². The first-order chi connectivity index (χ1) is 16.4. The molecule has 1 heterocycles. The Labute approximate surface area is 230 Å². The molecule has 2 aromatic carbocycles. The van der Waals surface area contributed by atoms with Crippen LogP contribution in [0.1, 0.15) is 34.1 Å². The molecule has 0 aliphatic heterocycles. The molecule has 0 spiro atoms. The van der Waals surface area contributed by atoms with Gasteiger partial charge < -0.3 is 19.8 Å². The second kappa shape index (κ2) is 16.4. The van der Waals surface area contributed by atoms with Crippen LogP contribution in [0.15, 0.2) is 66.9 Å². The largest absolute Gasteiger partial charge is 1.00 e. The number of ether oxygens (including phenoxy) is 1. The maximum Gasteiger partial charge on any atom is 1.00 e. The normalized spacial score (nSPS) is 11.1. The number of aliphatic carboxylic acids is 1. The number of carboxylic acid groups (broad SMARTS) is 1. The molecule has 8 heteroatoms. The van der Waals surface area contributed by atoms with Crippen molar-refractivity contribution in [3.63, 3.8) is 0 Å². The third-order valence-corrected chi connectivity index (χ3v) is 5.10. The maximum atomic E-state index is 11.2. The fraction of sp³-hybridized carbons (Fsp3) is 0.370. The zero-order chi connectivity index (χ0) is 24.9. The molecule has 0 aliphatic rings. The second-order valence-electron chi connectivity index (χ2n) is 8.03. The number of anilines is 1. The van der Waals surface area contributed by atoms with Crippen molar-refractivity contribution < 1.29 is 49.3 Å². The minimum Gasteiger partial charge on any atom is -0.853 e. The van der Waals surface area contributed by atoms with Crippen molar-refractivity contribution in [1.29, 1.82) is 0 Å². The zero-order valence-corrected chi connectivity index (χ0v) is 23.3. The van der Waals surface area contributed by atoms with Crippen LogP contribution in [0.2, 0.25) is 0 Å². The van der Waals surface area contributed by atoms with E-state index >= 15 is 0 Å². The van der Waals surface area contributed by atoms with E-state index in [1.807, 2.05) is 49.5 Å². The Morgan fingerprint density at radius 3 is 2.00 bits per heavy atom. The molecule has 1 atom stereocenters. The monoisotopic (exact) mass is 487 g/mol. The molecule has 0 aliphatic carbocycles. The van der Waals surface area contributed by atoms with Crippen LogP contribution < -0.4 is 39.6 Å². The molecule has 0 radical (unpaired) electrons. The van der Waals surface area contributed by atoms with Gasteiger partial charge in [-0.25, -0.2) is 4.98 Å². The summed E-state index contributed by atoms with van der Waals surface area (Å²) in [5.74, 6) is -0.0256. The van der Waals surface area contributed by atoms with Crippen LogP contribution in [0, 0.1) is 0 Å². The van der Waals surface area contributed by atoms with Crippen molar-refractivity contribution in [3.8, 4) is 22.5 Å². The van der Waals surface area contributed by atoms with Crippen molar-refractivity contribution in [2.24, 2.45) is 0 Å². The molecule has 7 nitrogen and oxygen atoms in total.